The number of aromatic nitrogens is 4. The van der Waals surface area contributed by atoms with E-state index in [-0.39, 0.29) is 17.0 Å². The molecule has 4 atom stereocenters. The van der Waals surface area contributed by atoms with Gasteiger partial charge in [0.25, 0.3) is 0 Å². The molecule has 146 valence electrons. The maximum absolute atomic E-state index is 10.8. The van der Waals surface area contributed by atoms with Gasteiger partial charge in [0.15, 0.2) is 22.8 Å². The van der Waals surface area contributed by atoms with Crippen molar-refractivity contribution in [3.05, 3.63) is 6.33 Å². The fourth-order valence-electron chi connectivity index (χ4n) is 2.54. The van der Waals surface area contributed by atoms with Crippen LogP contribution >= 0.6 is 19.6 Å². The van der Waals surface area contributed by atoms with Crippen LogP contribution in [-0.2, 0) is 13.8 Å². The number of imidazole rings is 1. The molecule has 12 nitrogen and oxygen atoms in total. The lowest BCUT2D eigenvalue weighted by atomic mass is 10.1. The SMILES string of the molecule is C#CCSc1nc(N)c2ncn([C@@H]3O[C@H](COP(=O)(O)O)[C@@H](O)[C@H]3O)c2n1. The molecule has 0 unspecified atom stereocenters. The number of anilines is 1. The third-order valence-electron chi connectivity index (χ3n) is 3.73. The smallest absolute Gasteiger partial charge is 0.387 e. The Bertz CT molecular complexity index is 928. The van der Waals surface area contributed by atoms with E-state index in [1.807, 2.05) is 0 Å². The molecule has 0 saturated carbocycles. The lowest BCUT2D eigenvalue weighted by Crippen LogP contribution is -2.33. The Morgan fingerprint density at radius 2 is 2.15 bits per heavy atom. The Balaban J connectivity index is 1.89. The molecular formula is C13H16N5O7PS. The highest BCUT2D eigenvalue weighted by atomic mass is 32.2. The summed E-state index contributed by atoms with van der Waals surface area (Å²) in [7, 11) is -4.76. The van der Waals surface area contributed by atoms with Gasteiger partial charge in [-0.2, -0.15) is 0 Å². The lowest BCUT2D eigenvalue weighted by Gasteiger charge is -2.16. The number of nitrogen functional groups attached to an aromatic ring is 1. The molecule has 2 aromatic rings. The zero-order valence-corrected chi connectivity index (χ0v) is 15.3. The van der Waals surface area contributed by atoms with E-state index >= 15 is 0 Å². The molecule has 0 amide bonds. The number of phosphoric ester groups is 1. The summed E-state index contributed by atoms with van der Waals surface area (Å²) in [6.45, 7) is -0.619. The van der Waals surface area contributed by atoms with Crippen LogP contribution in [0.2, 0.25) is 0 Å². The molecule has 27 heavy (non-hydrogen) atoms. The first-order valence-corrected chi connectivity index (χ1v) is 10.0. The largest absolute Gasteiger partial charge is 0.469 e. The molecule has 1 aliphatic heterocycles. The molecule has 0 radical (unpaired) electrons. The van der Waals surface area contributed by atoms with E-state index in [4.69, 9.17) is 26.7 Å². The molecule has 0 aliphatic carbocycles. The Morgan fingerprint density at radius 1 is 1.41 bits per heavy atom. The van der Waals surface area contributed by atoms with Crippen molar-refractivity contribution in [2.24, 2.45) is 0 Å². The highest BCUT2D eigenvalue weighted by Crippen LogP contribution is 2.39. The molecular weight excluding hydrogens is 401 g/mol. The van der Waals surface area contributed by atoms with Gasteiger partial charge in [-0.3, -0.25) is 9.09 Å². The van der Waals surface area contributed by atoms with Gasteiger partial charge in [-0.05, 0) is 0 Å². The number of phosphoric acid groups is 1. The first kappa shape index (κ1) is 20.0. The van der Waals surface area contributed by atoms with Crippen molar-refractivity contribution < 1.29 is 33.8 Å². The number of fused-ring (bicyclic) bond motifs is 1. The minimum Gasteiger partial charge on any atom is -0.387 e. The summed E-state index contributed by atoms with van der Waals surface area (Å²) in [6, 6.07) is 0. The van der Waals surface area contributed by atoms with Gasteiger partial charge in [-0.15, -0.1) is 6.42 Å². The van der Waals surface area contributed by atoms with Gasteiger partial charge >= 0.3 is 7.82 Å². The third kappa shape index (κ3) is 4.23. The number of terminal acetylenes is 1. The molecule has 0 aromatic carbocycles. The number of hydrogen-bond donors (Lipinski definition) is 5. The number of ether oxygens (including phenoxy) is 1. The number of nitrogens with zero attached hydrogens (tertiary/aromatic N) is 4. The van der Waals surface area contributed by atoms with Crippen molar-refractivity contribution in [3.63, 3.8) is 0 Å². The predicted molar refractivity (Wildman–Crippen MR) is 93.2 cm³/mol. The van der Waals surface area contributed by atoms with Crippen LogP contribution in [0.15, 0.2) is 11.5 Å². The van der Waals surface area contributed by atoms with Crippen molar-refractivity contribution >= 4 is 36.6 Å². The molecule has 2 aromatic heterocycles. The molecule has 3 heterocycles. The molecule has 0 bridgehead atoms. The molecule has 1 fully saturated rings. The number of thioether (sulfide) groups is 1. The Morgan fingerprint density at radius 3 is 2.81 bits per heavy atom. The second-order valence-corrected chi connectivity index (χ2v) is 7.72. The Labute approximate surface area is 157 Å². The summed E-state index contributed by atoms with van der Waals surface area (Å²) in [5.74, 6) is 2.86. The van der Waals surface area contributed by atoms with Crippen LogP contribution in [0, 0.1) is 12.3 Å². The van der Waals surface area contributed by atoms with Crippen LogP contribution < -0.4 is 5.73 Å². The summed E-state index contributed by atoms with van der Waals surface area (Å²) < 4.78 is 22.0. The lowest BCUT2D eigenvalue weighted by molar-refractivity contribution is -0.0504. The fourth-order valence-corrected chi connectivity index (χ4v) is 3.41. The van der Waals surface area contributed by atoms with Crippen molar-refractivity contribution in [3.8, 4) is 12.3 Å². The first-order valence-electron chi connectivity index (χ1n) is 7.49. The van der Waals surface area contributed by atoms with E-state index in [0.29, 0.717) is 10.9 Å². The monoisotopic (exact) mass is 417 g/mol. The average molecular weight is 417 g/mol. The summed E-state index contributed by atoms with van der Waals surface area (Å²) in [4.78, 5) is 30.0. The van der Waals surface area contributed by atoms with Crippen LogP contribution in [0.3, 0.4) is 0 Å². The zero-order chi connectivity index (χ0) is 19.8. The molecule has 6 N–H and O–H groups in total. The number of aliphatic hydroxyl groups excluding tert-OH is 2. The van der Waals surface area contributed by atoms with E-state index in [1.54, 1.807) is 0 Å². The van der Waals surface area contributed by atoms with Crippen molar-refractivity contribution in [1.82, 2.24) is 19.5 Å². The van der Waals surface area contributed by atoms with Gasteiger partial charge in [0.1, 0.15) is 23.8 Å². The predicted octanol–water partition coefficient (Wildman–Crippen LogP) is -1.14. The van der Waals surface area contributed by atoms with Gasteiger partial charge in [-0.1, -0.05) is 17.7 Å². The molecule has 1 aliphatic rings. The first-order chi connectivity index (χ1) is 12.7. The Kier molecular flexibility index (Phi) is 5.71. The maximum atomic E-state index is 10.8. The number of nitrogens with two attached hydrogens (primary N) is 1. The summed E-state index contributed by atoms with van der Waals surface area (Å²) in [5, 5.41) is 20.7. The summed E-state index contributed by atoms with van der Waals surface area (Å²) >= 11 is 1.18. The third-order valence-corrected chi connectivity index (χ3v) is 4.97. The number of aliphatic hydroxyl groups is 2. The topological polar surface area (TPSA) is 186 Å². The molecule has 14 heteroatoms. The van der Waals surface area contributed by atoms with E-state index in [0.717, 1.165) is 0 Å². The van der Waals surface area contributed by atoms with Crippen LogP contribution in [0.1, 0.15) is 6.23 Å². The van der Waals surface area contributed by atoms with E-state index in [2.05, 4.69) is 25.4 Å². The Hall–Kier alpha value is -1.75. The quantitative estimate of drug-likeness (QED) is 0.165. The fraction of sp³-hybridized carbons (Fsp3) is 0.462. The van der Waals surface area contributed by atoms with Crippen molar-refractivity contribution in [1.29, 1.82) is 0 Å². The average Bonchev–Trinajstić information content (AvgIpc) is 3.13. The molecule has 3 rings (SSSR count). The van der Waals surface area contributed by atoms with Gasteiger partial charge in [0.05, 0.1) is 18.7 Å². The molecule has 0 spiro atoms. The van der Waals surface area contributed by atoms with Crippen LogP contribution in [0.4, 0.5) is 5.82 Å². The normalized spacial score (nSPS) is 25.7. The van der Waals surface area contributed by atoms with Gasteiger partial charge in [-0.25, -0.2) is 19.5 Å². The second-order valence-electron chi connectivity index (χ2n) is 5.54. The van der Waals surface area contributed by atoms with Crippen molar-refractivity contribution in [2.45, 2.75) is 29.7 Å². The second kappa shape index (κ2) is 7.70. The zero-order valence-electron chi connectivity index (χ0n) is 13.6. The summed E-state index contributed by atoms with van der Waals surface area (Å²) in [6.07, 6.45) is 1.34. The summed E-state index contributed by atoms with van der Waals surface area (Å²) in [5.41, 5.74) is 6.38. The van der Waals surface area contributed by atoms with Gasteiger partial charge in [0.2, 0.25) is 0 Å². The van der Waals surface area contributed by atoms with Crippen LogP contribution in [-0.4, -0.2) is 70.2 Å². The van der Waals surface area contributed by atoms with Gasteiger partial charge in [0, 0.05) is 0 Å². The minimum atomic E-state index is -4.76. The van der Waals surface area contributed by atoms with E-state index < -0.39 is 39.0 Å². The van der Waals surface area contributed by atoms with Gasteiger partial charge < -0.3 is 30.5 Å². The van der Waals surface area contributed by atoms with Crippen LogP contribution in [0.5, 0.6) is 0 Å². The number of rotatable bonds is 6. The van der Waals surface area contributed by atoms with E-state index in [1.165, 1.54) is 22.7 Å². The van der Waals surface area contributed by atoms with Crippen LogP contribution in [0.25, 0.3) is 11.2 Å². The minimum absolute atomic E-state index is 0.104. The highest BCUT2D eigenvalue weighted by molar-refractivity contribution is 7.99. The standard InChI is InChI=1S/C13H16N5O7PS/c1-2-3-27-13-16-10(14)7-11(17-13)18(5-15-7)12-9(20)8(19)6(25-12)4-24-26(21,22)23/h1,5-6,8-9,12,19-20H,3-4H2,(H2,14,16,17)(H2,21,22,23)/t6-,8-,9-,12-/m1/s1. The highest BCUT2D eigenvalue weighted by Gasteiger charge is 2.45. The number of hydrogen-bond acceptors (Lipinski definition) is 10. The van der Waals surface area contributed by atoms with E-state index in [9.17, 15) is 14.8 Å². The van der Waals surface area contributed by atoms with Crippen molar-refractivity contribution in [2.75, 3.05) is 18.1 Å². The molecule has 1 saturated heterocycles. The maximum Gasteiger partial charge on any atom is 0.469 e.